The van der Waals surface area contributed by atoms with Gasteiger partial charge in [0.25, 0.3) is 0 Å². The first-order valence-corrected chi connectivity index (χ1v) is 7.52. The zero-order valence-electron chi connectivity index (χ0n) is 12.7. The molecule has 1 aliphatic heterocycles. The number of likely N-dealkylation sites (tertiary alicyclic amines) is 1. The number of carbonyl (C=O) groups excluding carboxylic acids is 2. The molecule has 1 aliphatic rings. The lowest BCUT2D eigenvalue weighted by atomic mass is 10.1. The molecule has 6 heteroatoms. The molecular weight excluding hydrogens is 287 g/mol. The van der Waals surface area contributed by atoms with Gasteiger partial charge in [0, 0.05) is 13.1 Å². The molecule has 1 fully saturated rings. The average molecular weight is 308 g/mol. The molecule has 1 heterocycles. The van der Waals surface area contributed by atoms with Crippen molar-refractivity contribution in [2.75, 3.05) is 31.6 Å². The second kappa shape index (κ2) is 7.89. The molecule has 1 saturated heterocycles. The Bertz CT molecular complexity index is 528. The first-order valence-electron chi connectivity index (χ1n) is 7.52. The Kier molecular flexibility index (Phi) is 5.89. The minimum atomic E-state index is -0.760. The summed E-state index contributed by atoms with van der Waals surface area (Å²) in [6, 6.07) is 6.74. The fraction of sp³-hybridized carbons (Fsp3) is 0.500. The van der Waals surface area contributed by atoms with E-state index < -0.39 is 12.1 Å². The molecule has 1 N–H and O–H groups in total. The highest BCUT2D eigenvalue weighted by Crippen LogP contribution is 2.17. The van der Waals surface area contributed by atoms with Gasteiger partial charge in [-0.2, -0.15) is 0 Å². The Morgan fingerprint density at radius 3 is 2.68 bits per heavy atom. The number of anilines is 1. The molecule has 0 aliphatic carbocycles. The molecule has 0 saturated carbocycles. The Balaban J connectivity index is 1.95. The Hall–Kier alpha value is -1.95. The molecule has 0 bridgehead atoms. The van der Waals surface area contributed by atoms with Gasteiger partial charge in [-0.1, -0.05) is 12.1 Å². The van der Waals surface area contributed by atoms with Crippen LogP contribution in [0.4, 0.5) is 10.1 Å². The number of nitrogens with zero attached hydrogens (tertiary/aromatic N) is 1. The molecule has 0 unspecified atom stereocenters. The summed E-state index contributed by atoms with van der Waals surface area (Å²) < 4.78 is 18.0. The largest absolute Gasteiger partial charge is 0.462 e. The summed E-state index contributed by atoms with van der Waals surface area (Å²) in [5, 5.41) is 2.73. The summed E-state index contributed by atoms with van der Waals surface area (Å²) in [7, 11) is 0. The summed E-state index contributed by atoms with van der Waals surface area (Å²) in [5.74, 6) is -0.675. The van der Waals surface area contributed by atoms with E-state index in [4.69, 9.17) is 4.74 Å². The van der Waals surface area contributed by atoms with Crippen molar-refractivity contribution in [2.45, 2.75) is 25.9 Å². The molecular formula is C16H21FN2O3. The monoisotopic (exact) mass is 308 g/mol. The molecule has 1 aromatic rings. The SMILES string of the molecule is CCOC(=O)c1ccccc1NC(=O)CN1CCC(F)CC1. The van der Waals surface area contributed by atoms with E-state index >= 15 is 0 Å². The molecule has 120 valence electrons. The standard InChI is InChI=1S/C16H21FN2O3/c1-2-22-16(21)13-5-3-4-6-14(13)18-15(20)11-19-9-7-12(17)8-10-19/h3-6,12H,2,7-11H2,1H3,(H,18,20). The highest BCUT2D eigenvalue weighted by Gasteiger charge is 2.21. The second-order valence-electron chi connectivity index (χ2n) is 5.27. The van der Waals surface area contributed by atoms with Crippen LogP contribution in [0.2, 0.25) is 0 Å². The summed E-state index contributed by atoms with van der Waals surface area (Å²) in [6.07, 6.45) is 0.170. The maximum absolute atomic E-state index is 13.1. The van der Waals surface area contributed by atoms with Gasteiger partial charge in [0.05, 0.1) is 24.4 Å². The third-order valence-electron chi connectivity index (χ3n) is 3.58. The molecule has 2 rings (SSSR count). The highest BCUT2D eigenvalue weighted by atomic mass is 19.1. The van der Waals surface area contributed by atoms with Crippen molar-refractivity contribution >= 4 is 17.6 Å². The number of carbonyl (C=O) groups is 2. The third-order valence-corrected chi connectivity index (χ3v) is 3.58. The number of para-hydroxylation sites is 1. The fourth-order valence-corrected chi connectivity index (χ4v) is 2.43. The highest BCUT2D eigenvalue weighted by molar-refractivity contribution is 6.01. The zero-order chi connectivity index (χ0) is 15.9. The molecule has 0 spiro atoms. The van der Waals surface area contributed by atoms with Crippen LogP contribution < -0.4 is 5.32 Å². The van der Waals surface area contributed by atoms with E-state index in [1.165, 1.54) is 0 Å². The van der Waals surface area contributed by atoms with E-state index in [9.17, 15) is 14.0 Å². The summed E-state index contributed by atoms with van der Waals surface area (Å²) in [4.78, 5) is 25.9. The quantitative estimate of drug-likeness (QED) is 0.848. The number of piperidine rings is 1. The van der Waals surface area contributed by atoms with E-state index in [1.54, 1.807) is 31.2 Å². The number of esters is 1. The molecule has 1 aromatic carbocycles. The van der Waals surface area contributed by atoms with Gasteiger partial charge in [-0.3, -0.25) is 9.69 Å². The number of benzene rings is 1. The molecule has 22 heavy (non-hydrogen) atoms. The fourth-order valence-electron chi connectivity index (χ4n) is 2.43. The first-order chi connectivity index (χ1) is 10.6. The predicted octanol–water partition coefficient (Wildman–Crippen LogP) is 2.24. The molecule has 5 nitrogen and oxygen atoms in total. The zero-order valence-corrected chi connectivity index (χ0v) is 12.7. The van der Waals surface area contributed by atoms with E-state index in [0.29, 0.717) is 37.2 Å². The second-order valence-corrected chi connectivity index (χ2v) is 5.27. The summed E-state index contributed by atoms with van der Waals surface area (Å²) in [6.45, 7) is 3.36. The smallest absolute Gasteiger partial charge is 0.340 e. The van der Waals surface area contributed by atoms with Crippen molar-refractivity contribution in [1.29, 1.82) is 0 Å². The van der Waals surface area contributed by atoms with Crippen molar-refractivity contribution in [2.24, 2.45) is 0 Å². The van der Waals surface area contributed by atoms with Crippen molar-refractivity contribution in [3.63, 3.8) is 0 Å². The minimum Gasteiger partial charge on any atom is -0.462 e. The van der Waals surface area contributed by atoms with E-state index in [2.05, 4.69) is 5.32 Å². The Morgan fingerprint density at radius 2 is 2.00 bits per heavy atom. The van der Waals surface area contributed by atoms with Crippen LogP contribution in [-0.4, -0.2) is 49.2 Å². The number of hydrogen-bond acceptors (Lipinski definition) is 4. The lowest BCUT2D eigenvalue weighted by molar-refractivity contribution is -0.117. The Labute approximate surface area is 129 Å². The van der Waals surface area contributed by atoms with Gasteiger partial charge in [-0.25, -0.2) is 9.18 Å². The van der Waals surface area contributed by atoms with Crippen LogP contribution >= 0.6 is 0 Å². The molecule has 0 atom stereocenters. The maximum Gasteiger partial charge on any atom is 0.340 e. The van der Waals surface area contributed by atoms with Gasteiger partial charge in [0.1, 0.15) is 6.17 Å². The van der Waals surface area contributed by atoms with Crippen molar-refractivity contribution in [1.82, 2.24) is 4.90 Å². The van der Waals surface area contributed by atoms with E-state index in [0.717, 1.165) is 0 Å². The summed E-state index contributed by atoms with van der Waals surface area (Å²) in [5.41, 5.74) is 0.770. The number of ether oxygens (including phenoxy) is 1. The van der Waals surface area contributed by atoms with Crippen molar-refractivity contribution in [3.8, 4) is 0 Å². The first kappa shape index (κ1) is 16.4. The van der Waals surface area contributed by atoms with Gasteiger partial charge in [0.15, 0.2) is 0 Å². The topological polar surface area (TPSA) is 58.6 Å². The van der Waals surface area contributed by atoms with Gasteiger partial charge >= 0.3 is 5.97 Å². The number of alkyl halides is 1. The molecule has 1 amide bonds. The molecule has 0 radical (unpaired) electrons. The normalized spacial score (nSPS) is 16.3. The van der Waals surface area contributed by atoms with Gasteiger partial charge in [-0.05, 0) is 31.9 Å². The van der Waals surface area contributed by atoms with Crippen molar-refractivity contribution in [3.05, 3.63) is 29.8 Å². The van der Waals surface area contributed by atoms with Gasteiger partial charge in [-0.15, -0.1) is 0 Å². The number of amides is 1. The van der Waals surface area contributed by atoms with E-state index in [-0.39, 0.29) is 19.1 Å². The van der Waals surface area contributed by atoms with Crippen LogP contribution in [0.25, 0.3) is 0 Å². The van der Waals surface area contributed by atoms with Gasteiger partial charge < -0.3 is 10.1 Å². The van der Waals surface area contributed by atoms with E-state index in [1.807, 2.05) is 4.90 Å². The van der Waals surface area contributed by atoms with Gasteiger partial charge in [0.2, 0.25) is 5.91 Å². The molecule has 0 aromatic heterocycles. The van der Waals surface area contributed by atoms with Crippen LogP contribution in [0, 0.1) is 0 Å². The third kappa shape index (κ3) is 4.53. The van der Waals surface area contributed by atoms with Crippen LogP contribution in [0.5, 0.6) is 0 Å². The Morgan fingerprint density at radius 1 is 1.32 bits per heavy atom. The lowest BCUT2D eigenvalue weighted by Gasteiger charge is -2.27. The number of halogens is 1. The van der Waals surface area contributed by atoms with Crippen LogP contribution in [0.3, 0.4) is 0 Å². The summed E-state index contributed by atoms with van der Waals surface area (Å²) >= 11 is 0. The van der Waals surface area contributed by atoms with Crippen LogP contribution in [0.15, 0.2) is 24.3 Å². The lowest BCUT2D eigenvalue weighted by Crippen LogP contribution is -2.39. The van der Waals surface area contributed by atoms with Crippen LogP contribution in [-0.2, 0) is 9.53 Å². The average Bonchev–Trinajstić information content (AvgIpc) is 2.50. The number of hydrogen-bond donors (Lipinski definition) is 1. The van der Waals surface area contributed by atoms with Crippen LogP contribution in [0.1, 0.15) is 30.1 Å². The number of nitrogens with one attached hydrogen (secondary N) is 1. The van der Waals surface area contributed by atoms with Crippen molar-refractivity contribution < 1.29 is 18.7 Å². The maximum atomic E-state index is 13.1. The minimum absolute atomic E-state index is 0.198. The predicted molar refractivity (Wildman–Crippen MR) is 81.6 cm³/mol. The number of rotatable bonds is 5.